The van der Waals surface area contributed by atoms with Gasteiger partial charge in [-0.05, 0) is 0 Å². The first-order valence-corrected chi connectivity index (χ1v) is 9.24. The van der Waals surface area contributed by atoms with Crippen molar-refractivity contribution >= 4 is 191 Å². The first-order valence-electron chi connectivity index (χ1n) is 9.24. The second-order valence-electron chi connectivity index (χ2n) is 7.79. The quantitative estimate of drug-likeness (QED) is 0.314. The van der Waals surface area contributed by atoms with E-state index >= 15 is 0 Å². The topological polar surface area (TPSA) is 0 Å². The van der Waals surface area contributed by atoms with Crippen molar-refractivity contribution in [2.24, 2.45) is 0 Å². The van der Waals surface area contributed by atoms with E-state index in [9.17, 15) is 0 Å². The summed E-state index contributed by atoms with van der Waals surface area (Å²) in [4.78, 5) is 0. The molecule has 0 heterocycles. The van der Waals surface area contributed by atoms with E-state index in [4.69, 9.17) is 108 Å². The Hall–Kier alpha value is 1.75. The highest BCUT2D eigenvalue weighted by Gasteiger charge is 2.49. The molecule has 0 saturated carbocycles. The van der Waals surface area contributed by atoms with Gasteiger partial charge in [-0.3, -0.25) is 0 Å². The fourth-order valence-corrected chi connectivity index (χ4v) is 4.48. The van der Waals surface area contributed by atoms with Gasteiger partial charge in [0.1, 0.15) is 0 Å². The highest BCUT2D eigenvalue weighted by molar-refractivity contribution is 8.21. The van der Waals surface area contributed by atoms with Crippen molar-refractivity contribution in [1.82, 2.24) is 0 Å². The van der Waals surface area contributed by atoms with Crippen molar-refractivity contribution in [1.29, 1.82) is 0 Å². The van der Waals surface area contributed by atoms with Crippen molar-refractivity contribution < 1.29 is 0 Å². The van der Waals surface area contributed by atoms with Gasteiger partial charge in [-0.2, -0.15) is 0 Å². The standard InChI is InChI=1S/CH3B27/c1-16(24(17(2)3)26(18(4)5)19(6)7)25(27(20(8)9)21(10)11)28(22(12)13)23(14)15/h1H3. The van der Waals surface area contributed by atoms with Crippen LogP contribution in [0.2, 0.25) is 6.82 Å². The van der Waals surface area contributed by atoms with Gasteiger partial charge >= 0.3 is 0 Å². The molecule has 88 valence electrons. The van der Waals surface area contributed by atoms with Crippen LogP contribution in [-0.4, -0.2) is 191 Å². The van der Waals surface area contributed by atoms with Gasteiger partial charge in [0.05, 0.1) is 0 Å². The zero-order valence-electron chi connectivity index (χ0n) is 16.6. The number of rotatable bonds is 12. The summed E-state index contributed by atoms with van der Waals surface area (Å²) in [5.74, 6) is 0. The molecular weight excluding hydrogens is 304 g/mol. The summed E-state index contributed by atoms with van der Waals surface area (Å²) < 4.78 is 0. The van der Waals surface area contributed by atoms with E-state index in [-0.39, 0.29) is 0 Å². The van der Waals surface area contributed by atoms with Crippen LogP contribution < -0.4 is 0 Å². The van der Waals surface area contributed by atoms with Crippen LogP contribution >= 0.6 is 0 Å². The van der Waals surface area contributed by atoms with Crippen LogP contribution in [0.25, 0.3) is 0 Å². The average molecular weight is 307 g/mol. The summed E-state index contributed by atoms with van der Waals surface area (Å²) in [5.41, 5.74) is 0. The van der Waals surface area contributed by atoms with E-state index in [1.165, 1.54) is 0 Å². The van der Waals surface area contributed by atoms with Crippen molar-refractivity contribution in [2.75, 3.05) is 0 Å². The van der Waals surface area contributed by atoms with Crippen LogP contribution in [0.3, 0.4) is 0 Å². The van der Waals surface area contributed by atoms with Gasteiger partial charge in [-0.25, -0.2) is 0 Å². The normalized spacial score (nSPS) is 9.46. The molecule has 0 rings (SSSR count). The van der Waals surface area contributed by atoms with Crippen LogP contribution in [0.5, 0.6) is 0 Å². The molecule has 28 heavy (non-hydrogen) atoms. The van der Waals surface area contributed by atoms with Gasteiger partial charge in [-0.15, -0.1) is 6.82 Å². The molecule has 0 aromatic carbocycles. The molecule has 28 radical (unpaired) electrons. The Morgan fingerprint density at radius 1 is 0.286 bits per heavy atom. The van der Waals surface area contributed by atoms with Crippen LogP contribution in [0.4, 0.5) is 0 Å². The fourth-order valence-electron chi connectivity index (χ4n) is 4.48. The zero-order chi connectivity index (χ0) is 22.5. The first-order chi connectivity index (χ1) is 12.7. The summed E-state index contributed by atoms with van der Waals surface area (Å²) in [7, 11) is 83.6. The maximum atomic E-state index is 6.06. The first kappa shape index (κ1) is 29.8. The van der Waals surface area contributed by atoms with Crippen molar-refractivity contribution in [3.8, 4) is 0 Å². The Labute approximate surface area is 197 Å². The van der Waals surface area contributed by atoms with Gasteiger partial charge in [0.2, 0.25) is 0 Å². The van der Waals surface area contributed by atoms with Crippen LogP contribution in [0.1, 0.15) is 0 Å². The van der Waals surface area contributed by atoms with E-state index in [0.29, 0.717) is 0 Å². The van der Waals surface area contributed by atoms with Crippen LogP contribution in [0, 0.1) is 0 Å². The third-order valence-electron chi connectivity index (χ3n) is 5.66. The average Bonchev–Trinajstić information content (AvgIpc) is 2.48. The molecule has 0 nitrogen and oxygen atoms in total. The largest absolute Gasteiger partial charge is 0.101 e. The molecule has 0 N–H and O–H groups in total. The van der Waals surface area contributed by atoms with Gasteiger partial charge in [0.25, 0.3) is 0 Å². The highest BCUT2D eigenvalue weighted by Crippen LogP contribution is 2.12. The SMILES string of the molecule is [B]B([B])B(B([B])[B])B(B([B])[B])B(C)B(B(B([B])[B])B([B])[B])B(B([B])[B])B([B])[B]. The lowest BCUT2D eigenvalue weighted by atomic mass is 8.36. The summed E-state index contributed by atoms with van der Waals surface area (Å²) in [6.45, 7) is 1.37. The lowest BCUT2D eigenvalue weighted by Gasteiger charge is -2.46. The second kappa shape index (κ2) is 13.3. The Balaban J connectivity index is 6.49. The number of hydrogen-bond donors (Lipinski definition) is 0. The van der Waals surface area contributed by atoms with E-state index in [2.05, 4.69) is 0 Å². The summed E-state index contributed by atoms with van der Waals surface area (Å²) in [5, 5.41) is 0. The molecule has 0 aliphatic carbocycles. The maximum absolute atomic E-state index is 6.06. The molecule has 0 saturated heterocycles. The third-order valence-corrected chi connectivity index (χ3v) is 5.66. The van der Waals surface area contributed by atoms with Crippen molar-refractivity contribution in [3.63, 3.8) is 0 Å². The molecule has 0 aromatic rings. The Bertz CT molecular complexity index is 360. The minimum Gasteiger partial charge on any atom is -0.101 e. The Kier molecular flexibility index (Phi) is 14.2. The Morgan fingerprint density at radius 2 is 0.464 bits per heavy atom. The van der Waals surface area contributed by atoms with E-state index in [1.807, 2.05) is 6.82 Å². The predicted molar refractivity (Wildman–Crippen MR) is 161 cm³/mol. The molecule has 0 fully saturated rings. The Morgan fingerprint density at radius 3 is 0.643 bits per heavy atom. The molecule has 0 atom stereocenters. The molecule has 0 amide bonds. The minimum atomic E-state index is -0.932. The molecular formula is CH3B27. The summed E-state index contributed by atoms with van der Waals surface area (Å²) in [6, 6.07) is 0. The van der Waals surface area contributed by atoms with E-state index in [1.54, 1.807) is 0 Å². The van der Waals surface area contributed by atoms with Crippen LogP contribution in [-0.2, 0) is 0 Å². The van der Waals surface area contributed by atoms with Gasteiger partial charge < -0.3 is 0 Å². The molecule has 0 bridgehead atoms. The maximum Gasteiger partial charge on any atom is 0.0413 e. The van der Waals surface area contributed by atoms with Crippen LogP contribution in [0.15, 0.2) is 0 Å². The molecule has 27 heteroatoms. The smallest absolute Gasteiger partial charge is 0.0413 e. The highest BCUT2D eigenvalue weighted by atomic mass is 13.4. The van der Waals surface area contributed by atoms with E-state index < -0.39 is 83.1 Å². The molecule has 0 aliphatic rings. The van der Waals surface area contributed by atoms with Gasteiger partial charge in [0, 0.05) is 191 Å². The predicted octanol–water partition coefficient (Wildman–Crippen LogP) is -9.70. The lowest BCUT2D eigenvalue weighted by Crippen LogP contribution is -2.84. The summed E-state index contributed by atoms with van der Waals surface area (Å²) >= 11 is 0. The monoisotopic (exact) mass is 312 g/mol. The fraction of sp³-hybridized carbons (Fsp3) is 1.00. The van der Waals surface area contributed by atoms with Gasteiger partial charge in [-0.1, -0.05) is 0 Å². The molecule has 0 spiro atoms. The summed E-state index contributed by atoms with van der Waals surface area (Å²) in [6.07, 6.45) is -9.65. The van der Waals surface area contributed by atoms with Crippen molar-refractivity contribution in [3.05, 3.63) is 0 Å². The third kappa shape index (κ3) is 8.02. The number of hydrogen-bond acceptors (Lipinski definition) is 0. The second-order valence-corrected chi connectivity index (χ2v) is 7.79. The van der Waals surface area contributed by atoms with E-state index in [0.717, 1.165) is 0 Å². The molecule has 0 aromatic heterocycles. The van der Waals surface area contributed by atoms with Crippen molar-refractivity contribution in [2.45, 2.75) is 6.82 Å². The molecule has 0 unspecified atom stereocenters. The zero-order valence-corrected chi connectivity index (χ0v) is 16.6. The molecule has 0 aliphatic heterocycles. The lowest BCUT2D eigenvalue weighted by molar-refractivity contribution is 2.32. The van der Waals surface area contributed by atoms with Gasteiger partial charge in [0.15, 0.2) is 0 Å². The minimum absolute atomic E-state index is 0.447.